The molecule has 1 aliphatic rings. The molecule has 1 atom stereocenters. The highest BCUT2D eigenvalue weighted by molar-refractivity contribution is 5.94. The lowest BCUT2D eigenvalue weighted by Crippen LogP contribution is -2.40. The average Bonchev–Trinajstić information content (AvgIpc) is 3.06. The van der Waals surface area contributed by atoms with Crippen molar-refractivity contribution in [2.45, 2.75) is 25.9 Å². The van der Waals surface area contributed by atoms with E-state index in [2.05, 4.69) is 10.1 Å². The molecule has 0 aromatic heterocycles. The number of nitrogens with zero attached hydrogens (tertiary/aromatic N) is 1. The molecule has 1 fully saturated rings. The van der Waals surface area contributed by atoms with Crippen LogP contribution in [-0.2, 0) is 9.47 Å². The zero-order chi connectivity index (χ0) is 16.8. The largest absolute Gasteiger partial charge is 0.465 e. The highest BCUT2D eigenvalue weighted by atomic mass is 19.1. The maximum Gasteiger partial charge on any atom is 0.337 e. The molecule has 1 aliphatic heterocycles. The summed E-state index contributed by atoms with van der Waals surface area (Å²) in [6.07, 6.45) is 1.92. The van der Waals surface area contributed by atoms with E-state index in [0.717, 1.165) is 18.9 Å². The van der Waals surface area contributed by atoms with Crippen molar-refractivity contribution in [2.75, 3.05) is 32.1 Å². The highest BCUT2D eigenvalue weighted by Gasteiger charge is 2.22. The number of carbonyl (C=O) groups excluding carboxylic acids is 2. The Kier molecular flexibility index (Phi) is 5.92. The fourth-order valence-electron chi connectivity index (χ4n) is 2.45. The van der Waals surface area contributed by atoms with Gasteiger partial charge in [0.25, 0.3) is 0 Å². The number of rotatable bonds is 5. The van der Waals surface area contributed by atoms with Crippen molar-refractivity contribution >= 4 is 17.7 Å². The number of carbonyl (C=O) groups is 2. The predicted octanol–water partition coefficient (Wildman–Crippen LogP) is 2.65. The summed E-state index contributed by atoms with van der Waals surface area (Å²) in [5, 5.41) is 2.50. The van der Waals surface area contributed by atoms with Gasteiger partial charge >= 0.3 is 12.0 Å². The molecular weight excluding hydrogens is 303 g/mol. The molecule has 1 saturated heterocycles. The molecule has 126 valence electrons. The number of amides is 2. The predicted molar refractivity (Wildman–Crippen MR) is 83.0 cm³/mol. The minimum Gasteiger partial charge on any atom is -0.465 e. The lowest BCUT2D eigenvalue weighted by molar-refractivity contribution is 0.0600. The van der Waals surface area contributed by atoms with E-state index in [4.69, 9.17) is 4.74 Å². The van der Waals surface area contributed by atoms with Crippen molar-refractivity contribution in [1.29, 1.82) is 0 Å². The monoisotopic (exact) mass is 324 g/mol. The summed E-state index contributed by atoms with van der Waals surface area (Å²) in [5.41, 5.74) is 0.120. The van der Waals surface area contributed by atoms with Crippen LogP contribution in [0.2, 0.25) is 0 Å². The summed E-state index contributed by atoms with van der Waals surface area (Å²) >= 11 is 0. The SMILES string of the molecule is CCN(C[C@H]1CCCO1)C(=O)Nc1cc(C(=O)OC)ccc1F. The van der Waals surface area contributed by atoms with Gasteiger partial charge in [-0.25, -0.2) is 14.0 Å². The molecule has 1 N–H and O–H groups in total. The van der Waals surface area contributed by atoms with Crippen molar-refractivity contribution in [1.82, 2.24) is 4.90 Å². The van der Waals surface area contributed by atoms with Gasteiger partial charge in [0, 0.05) is 19.7 Å². The number of hydrogen-bond donors (Lipinski definition) is 1. The first-order valence-corrected chi connectivity index (χ1v) is 7.60. The number of urea groups is 1. The Bertz CT molecular complexity index is 573. The molecule has 0 unspecified atom stereocenters. The second-order valence-electron chi connectivity index (χ2n) is 5.29. The van der Waals surface area contributed by atoms with Crippen LogP contribution in [0.5, 0.6) is 0 Å². The Morgan fingerprint density at radius 3 is 2.87 bits per heavy atom. The van der Waals surface area contributed by atoms with Gasteiger partial charge in [-0.2, -0.15) is 0 Å². The molecule has 0 saturated carbocycles. The fourth-order valence-corrected chi connectivity index (χ4v) is 2.45. The first kappa shape index (κ1) is 17.2. The van der Waals surface area contributed by atoms with Gasteiger partial charge in [0.05, 0.1) is 24.5 Å². The van der Waals surface area contributed by atoms with Crippen LogP contribution in [0.25, 0.3) is 0 Å². The van der Waals surface area contributed by atoms with Crippen LogP contribution in [0.1, 0.15) is 30.1 Å². The Balaban J connectivity index is 2.06. The number of likely N-dealkylation sites (N-methyl/N-ethyl adjacent to an activating group) is 1. The Labute approximate surface area is 134 Å². The molecule has 1 aromatic rings. The molecule has 0 bridgehead atoms. The number of hydrogen-bond acceptors (Lipinski definition) is 4. The third-order valence-corrected chi connectivity index (χ3v) is 3.75. The standard InChI is InChI=1S/C16H21FN2O4/c1-3-19(10-12-5-4-8-23-12)16(21)18-14-9-11(15(20)22-2)6-7-13(14)17/h6-7,9,12H,3-5,8,10H2,1-2H3,(H,18,21)/t12-/m1/s1. The van der Waals surface area contributed by atoms with Gasteiger partial charge in [0.1, 0.15) is 5.82 Å². The zero-order valence-corrected chi connectivity index (χ0v) is 13.3. The van der Waals surface area contributed by atoms with Crippen molar-refractivity contribution in [3.63, 3.8) is 0 Å². The van der Waals surface area contributed by atoms with Crippen LogP contribution in [-0.4, -0.2) is 49.8 Å². The maximum atomic E-state index is 13.9. The number of nitrogens with one attached hydrogen (secondary N) is 1. The third kappa shape index (κ3) is 4.41. The van der Waals surface area contributed by atoms with Crippen molar-refractivity contribution in [3.8, 4) is 0 Å². The fraction of sp³-hybridized carbons (Fsp3) is 0.500. The van der Waals surface area contributed by atoms with Crippen LogP contribution in [0.4, 0.5) is 14.9 Å². The summed E-state index contributed by atoms with van der Waals surface area (Å²) in [7, 11) is 1.24. The summed E-state index contributed by atoms with van der Waals surface area (Å²) in [6.45, 7) is 3.49. The molecule has 2 rings (SSSR count). The van der Waals surface area contributed by atoms with E-state index < -0.39 is 17.8 Å². The van der Waals surface area contributed by atoms with Gasteiger partial charge in [-0.1, -0.05) is 0 Å². The Hall–Kier alpha value is -2.15. The Morgan fingerprint density at radius 2 is 2.26 bits per heavy atom. The molecule has 2 amide bonds. The van der Waals surface area contributed by atoms with Gasteiger partial charge < -0.3 is 19.7 Å². The number of halogens is 1. The number of esters is 1. The highest BCUT2D eigenvalue weighted by Crippen LogP contribution is 2.18. The average molecular weight is 324 g/mol. The van der Waals surface area contributed by atoms with Crippen molar-refractivity contribution in [3.05, 3.63) is 29.6 Å². The Morgan fingerprint density at radius 1 is 1.48 bits per heavy atom. The van der Waals surface area contributed by atoms with Crippen LogP contribution in [0.3, 0.4) is 0 Å². The van der Waals surface area contributed by atoms with E-state index in [1.807, 2.05) is 6.92 Å². The zero-order valence-electron chi connectivity index (χ0n) is 13.3. The van der Waals surface area contributed by atoms with Crippen LogP contribution < -0.4 is 5.32 Å². The molecule has 0 aliphatic carbocycles. The molecule has 23 heavy (non-hydrogen) atoms. The number of anilines is 1. The van der Waals surface area contributed by atoms with Gasteiger partial charge in [-0.15, -0.1) is 0 Å². The minimum atomic E-state index is -0.612. The number of methoxy groups -OCH3 is 1. The minimum absolute atomic E-state index is 0.0203. The van der Waals surface area contributed by atoms with E-state index >= 15 is 0 Å². The molecule has 6 nitrogen and oxygen atoms in total. The second kappa shape index (κ2) is 7.92. The van der Waals surface area contributed by atoms with Gasteiger partial charge in [-0.3, -0.25) is 0 Å². The van der Waals surface area contributed by atoms with E-state index in [1.165, 1.54) is 19.2 Å². The lowest BCUT2D eigenvalue weighted by Gasteiger charge is -2.24. The lowest BCUT2D eigenvalue weighted by atomic mass is 10.2. The summed E-state index contributed by atoms with van der Waals surface area (Å²) < 4.78 is 24.0. The van der Waals surface area contributed by atoms with E-state index in [9.17, 15) is 14.0 Å². The van der Waals surface area contributed by atoms with E-state index in [-0.39, 0.29) is 17.4 Å². The summed E-state index contributed by atoms with van der Waals surface area (Å²) in [6, 6.07) is 3.27. The quantitative estimate of drug-likeness (QED) is 0.846. The first-order chi connectivity index (χ1) is 11.0. The van der Waals surface area contributed by atoms with Gasteiger partial charge in [0.15, 0.2) is 0 Å². The van der Waals surface area contributed by atoms with Crippen LogP contribution >= 0.6 is 0 Å². The van der Waals surface area contributed by atoms with Gasteiger partial charge in [0.2, 0.25) is 0 Å². The molecular formula is C16H21FN2O4. The first-order valence-electron chi connectivity index (χ1n) is 7.60. The topological polar surface area (TPSA) is 67.9 Å². The number of ether oxygens (including phenoxy) is 2. The molecule has 1 aromatic carbocycles. The van der Waals surface area contributed by atoms with Crippen molar-refractivity contribution in [2.24, 2.45) is 0 Å². The van der Waals surface area contributed by atoms with Crippen molar-refractivity contribution < 1.29 is 23.5 Å². The normalized spacial score (nSPS) is 16.9. The molecule has 0 radical (unpaired) electrons. The molecule has 1 heterocycles. The van der Waals surface area contributed by atoms with Crippen LogP contribution in [0.15, 0.2) is 18.2 Å². The number of benzene rings is 1. The molecule has 7 heteroatoms. The van der Waals surface area contributed by atoms with E-state index in [1.54, 1.807) is 4.90 Å². The second-order valence-corrected chi connectivity index (χ2v) is 5.29. The summed E-state index contributed by atoms with van der Waals surface area (Å²) in [5.74, 6) is -1.20. The maximum absolute atomic E-state index is 13.9. The smallest absolute Gasteiger partial charge is 0.337 e. The molecule has 0 spiro atoms. The van der Waals surface area contributed by atoms with E-state index in [0.29, 0.717) is 19.7 Å². The summed E-state index contributed by atoms with van der Waals surface area (Å²) in [4.78, 5) is 25.4. The third-order valence-electron chi connectivity index (χ3n) is 3.75. The van der Waals surface area contributed by atoms with Crippen LogP contribution in [0, 0.1) is 5.82 Å². The van der Waals surface area contributed by atoms with Gasteiger partial charge in [-0.05, 0) is 38.0 Å².